The summed E-state index contributed by atoms with van der Waals surface area (Å²) in [5, 5.41) is 6.06. The average Bonchev–Trinajstić information content (AvgIpc) is 2.13. The zero-order chi connectivity index (χ0) is 12.6. The van der Waals surface area contributed by atoms with Gasteiger partial charge in [-0.1, -0.05) is 27.7 Å². The Morgan fingerprint density at radius 3 is 2.35 bits per heavy atom. The van der Waals surface area contributed by atoms with Crippen molar-refractivity contribution in [3.05, 3.63) is 0 Å². The van der Waals surface area contributed by atoms with Gasteiger partial charge >= 0.3 is 0 Å². The van der Waals surface area contributed by atoms with Crippen molar-refractivity contribution in [3.63, 3.8) is 0 Å². The Hall–Kier alpha value is -0.280. The van der Waals surface area contributed by atoms with Crippen molar-refractivity contribution in [1.29, 1.82) is 0 Å². The minimum atomic E-state index is 0. The number of nitrogens with one attached hydrogen (secondary N) is 2. The van der Waals surface area contributed by atoms with Crippen LogP contribution in [-0.4, -0.2) is 26.0 Å². The summed E-state index contributed by atoms with van der Waals surface area (Å²) in [6.45, 7) is 10.5. The largest absolute Gasteiger partial charge is 0.356 e. The highest BCUT2D eigenvalue weighted by Crippen LogP contribution is 2.23. The van der Waals surface area contributed by atoms with Gasteiger partial charge in [-0.3, -0.25) is 4.79 Å². The summed E-state index contributed by atoms with van der Waals surface area (Å²) in [7, 11) is 1.91. The molecule has 0 saturated heterocycles. The summed E-state index contributed by atoms with van der Waals surface area (Å²) >= 11 is 0. The van der Waals surface area contributed by atoms with Crippen LogP contribution in [-0.2, 0) is 4.79 Å². The van der Waals surface area contributed by atoms with E-state index in [9.17, 15) is 4.79 Å². The van der Waals surface area contributed by atoms with Crippen LogP contribution in [0.1, 0.15) is 47.0 Å². The fourth-order valence-corrected chi connectivity index (χ4v) is 2.03. The second-order valence-corrected chi connectivity index (χ2v) is 5.75. The van der Waals surface area contributed by atoms with Gasteiger partial charge in [0.05, 0.1) is 0 Å². The van der Waals surface area contributed by atoms with E-state index < -0.39 is 0 Å². The van der Waals surface area contributed by atoms with Gasteiger partial charge in [0, 0.05) is 13.0 Å². The first-order chi connectivity index (χ1) is 7.37. The molecule has 0 heterocycles. The van der Waals surface area contributed by atoms with Crippen LogP contribution >= 0.6 is 12.4 Å². The van der Waals surface area contributed by atoms with Crippen molar-refractivity contribution in [3.8, 4) is 0 Å². The van der Waals surface area contributed by atoms with E-state index in [1.54, 1.807) is 0 Å². The van der Waals surface area contributed by atoms with Crippen molar-refractivity contribution in [2.75, 3.05) is 20.1 Å². The van der Waals surface area contributed by atoms with E-state index in [-0.39, 0.29) is 23.7 Å². The summed E-state index contributed by atoms with van der Waals surface area (Å²) in [6, 6.07) is 0. The monoisotopic (exact) mass is 264 g/mol. The standard InChI is InChI=1S/C13H28N2O.ClH/c1-11(2)9-13(3,4)10-15-12(16)7-6-8-14-5;/h11,14H,6-10H2,1-5H3,(H,15,16);1H. The van der Waals surface area contributed by atoms with Crippen LogP contribution in [0.3, 0.4) is 0 Å². The Morgan fingerprint density at radius 2 is 1.88 bits per heavy atom. The molecule has 4 heteroatoms. The molecular weight excluding hydrogens is 236 g/mol. The molecule has 0 rings (SSSR count). The van der Waals surface area contributed by atoms with Crippen LogP contribution in [0.2, 0.25) is 0 Å². The molecule has 0 aliphatic rings. The molecule has 0 saturated carbocycles. The smallest absolute Gasteiger partial charge is 0.220 e. The minimum absolute atomic E-state index is 0. The van der Waals surface area contributed by atoms with Gasteiger partial charge in [-0.2, -0.15) is 0 Å². The van der Waals surface area contributed by atoms with Crippen molar-refractivity contribution in [2.24, 2.45) is 11.3 Å². The van der Waals surface area contributed by atoms with Crippen molar-refractivity contribution in [2.45, 2.75) is 47.0 Å². The number of carbonyl (C=O) groups excluding carboxylic acids is 1. The van der Waals surface area contributed by atoms with E-state index in [1.807, 2.05) is 7.05 Å². The maximum Gasteiger partial charge on any atom is 0.220 e. The first-order valence-electron chi connectivity index (χ1n) is 6.28. The molecule has 0 aromatic rings. The SMILES string of the molecule is CNCCCC(=O)NCC(C)(C)CC(C)C.Cl. The van der Waals surface area contributed by atoms with Crippen molar-refractivity contribution in [1.82, 2.24) is 10.6 Å². The van der Waals surface area contributed by atoms with Crippen LogP contribution in [0.5, 0.6) is 0 Å². The van der Waals surface area contributed by atoms with E-state index in [4.69, 9.17) is 0 Å². The number of hydrogen-bond acceptors (Lipinski definition) is 2. The average molecular weight is 265 g/mol. The first-order valence-corrected chi connectivity index (χ1v) is 6.28. The van der Waals surface area contributed by atoms with Gasteiger partial charge in [-0.15, -0.1) is 12.4 Å². The normalized spacial score (nSPS) is 11.2. The summed E-state index contributed by atoms with van der Waals surface area (Å²) in [5.74, 6) is 0.850. The van der Waals surface area contributed by atoms with Gasteiger partial charge in [0.15, 0.2) is 0 Å². The molecule has 0 radical (unpaired) electrons. The molecule has 17 heavy (non-hydrogen) atoms. The third-order valence-corrected chi connectivity index (χ3v) is 2.56. The van der Waals surface area contributed by atoms with Crippen molar-refractivity contribution < 1.29 is 4.79 Å². The van der Waals surface area contributed by atoms with E-state index in [0.29, 0.717) is 12.3 Å². The van der Waals surface area contributed by atoms with E-state index in [1.165, 1.54) is 0 Å². The number of amides is 1. The predicted molar refractivity (Wildman–Crippen MR) is 76.7 cm³/mol. The second kappa shape index (κ2) is 9.72. The van der Waals surface area contributed by atoms with E-state index >= 15 is 0 Å². The van der Waals surface area contributed by atoms with Gasteiger partial charge < -0.3 is 10.6 Å². The molecule has 0 aromatic carbocycles. The number of rotatable bonds is 8. The Balaban J connectivity index is 0. The molecule has 1 amide bonds. The van der Waals surface area contributed by atoms with Gasteiger partial charge in [-0.05, 0) is 37.8 Å². The highest BCUT2D eigenvalue weighted by molar-refractivity contribution is 5.85. The van der Waals surface area contributed by atoms with E-state index in [2.05, 4.69) is 38.3 Å². The molecule has 0 aliphatic heterocycles. The summed E-state index contributed by atoms with van der Waals surface area (Å²) in [6.07, 6.45) is 2.68. The molecule has 0 spiro atoms. The quantitative estimate of drug-likeness (QED) is 0.662. The van der Waals surface area contributed by atoms with Crippen LogP contribution in [0.4, 0.5) is 0 Å². The number of carbonyl (C=O) groups is 1. The van der Waals surface area contributed by atoms with Crippen molar-refractivity contribution >= 4 is 18.3 Å². The Bertz CT molecular complexity index is 206. The van der Waals surface area contributed by atoms with Crippen LogP contribution < -0.4 is 10.6 Å². The lowest BCUT2D eigenvalue weighted by atomic mass is 9.84. The van der Waals surface area contributed by atoms with Gasteiger partial charge in [0.2, 0.25) is 5.91 Å². The number of hydrogen-bond donors (Lipinski definition) is 2. The third kappa shape index (κ3) is 12.0. The maximum absolute atomic E-state index is 11.5. The van der Waals surface area contributed by atoms with Gasteiger partial charge in [-0.25, -0.2) is 0 Å². The highest BCUT2D eigenvalue weighted by atomic mass is 35.5. The van der Waals surface area contributed by atoms with Crippen LogP contribution in [0, 0.1) is 11.3 Å². The molecule has 2 N–H and O–H groups in total. The zero-order valence-electron chi connectivity index (χ0n) is 11.9. The molecule has 0 fully saturated rings. The Kier molecular flexibility index (Phi) is 10.9. The lowest BCUT2D eigenvalue weighted by Gasteiger charge is -2.26. The topological polar surface area (TPSA) is 41.1 Å². The molecule has 104 valence electrons. The van der Waals surface area contributed by atoms with Crippen LogP contribution in [0.25, 0.3) is 0 Å². The molecule has 0 aliphatic carbocycles. The lowest BCUT2D eigenvalue weighted by Crippen LogP contribution is -2.34. The molecule has 0 atom stereocenters. The second-order valence-electron chi connectivity index (χ2n) is 5.75. The minimum Gasteiger partial charge on any atom is -0.356 e. The van der Waals surface area contributed by atoms with Gasteiger partial charge in [0.1, 0.15) is 0 Å². The molecule has 3 nitrogen and oxygen atoms in total. The third-order valence-electron chi connectivity index (χ3n) is 2.56. The predicted octanol–water partition coefficient (Wildman–Crippen LogP) is 2.60. The lowest BCUT2D eigenvalue weighted by molar-refractivity contribution is -0.121. The summed E-state index contributed by atoms with van der Waals surface area (Å²) < 4.78 is 0. The van der Waals surface area contributed by atoms with Crippen LogP contribution in [0.15, 0.2) is 0 Å². The molecule has 0 aromatic heterocycles. The fraction of sp³-hybridized carbons (Fsp3) is 0.923. The zero-order valence-corrected chi connectivity index (χ0v) is 12.7. The Labute approximate surface area is 113 Å². The first kappa shape index (κ1) is 19.1. The van der Waals surface area contributed by atoms with Gasteiger partial charge in [0.25, 0.3) is 0 Å². The summed E-state index contributed by atoms with van der Waals surface area (Å²) in [5.41, 5.74) is 0.201. The van der Waals surface area contributed by atoms with E-state index in [0.717, 1.165) is 25.9 Å². The maximum atomic E-state index is 11.5. The molecular formula is C13H29ClN2O. The fourth-order valence-electron chi connectivity index (χ4n) is 2.03. The molecule has 0 bridgehead atoms. The summed E-state index contributed by atoms with van der Waals surface area (Å²) in [4.78, 5) is 11.5. The Morgan fingerprint density at radius 1 is 1.29 bits per heavy atom. The number of halogens is 1. The highest BCUT2D eigenvalue weighted by Gasteiger charge is 2.19. The molecule has 0 unspecified atom stereocenters.